The predicted octanol–water partition coefficient (Wildman–Crippen LogP) is 3.86. The van der Waals surface area contributed by atoms with Crippen molar-refractivity contribution in [2.24, 2.45) is 11.8 Å². The highest BCUT2D eigenvalue weighted by molar-refractivity contribution is 5.95. The zero-order chi connectivity index (χ0) is 19.9. The molecule has 0 aliphatic heterocycles. The van der Waals surface area contributed by atoms with Gasteiger partial charge in [-0.15, -0.1) is 0 Å². The molecule has 2 N–H and O–H groups in total. The number of para-hydroxylation sites is 1. The number of amides is 2. The third kappa shape index (κ3) is 4.97. The van der Waals surface area contributed by atoms with Crippen LogP contribution in [0.25, 0.3) is 0 Å². The molecular weight excluding hydrogens is 356 g/mol. The number of methoxy groups -OCH3 is 1. The molecule has 6 nitrogen and oxygen atoms in total. The molecule has 1 aliphatic rings. The lowest BCUT2D eigenvalue weighted by Gasteiger charge is -2.27. The average Bonchev–Trinajstić information content (AvgIpc) is 2.74. The van der Waals surface area contributed by atoms with Crippen molar-refractivity contribution in [1.82, 2.24) is 0 Å². The van der Waals surface area contributed by atoms with Crippen molar-refractivity contribution in [1.29, 1.82) is 0 Å². The van der Waals surface area contributed by atoms with E-state index >= 15 is 0 Å². The van der Waals surface area contributed by atoms with Gasteiger partial charge in [-0.1, -0.05) is 18.2 Å². The summed E-state index contributed by atoms with van der Waals surface area (Å²) < 4.78 is 4.66. The lowest BCUT2D eigenvalue weighted by atomic mass is 9.81. The highest BCUT2D eigenvalue weighted by atomic mass is 16.5. The number of nitrogens with one attached hydrogen (secondary N) is 2. The Kier molecular flexibility index (Phi) is 6.42. The third-order valence-corrected chi connectivity index (χ3v) is 5.08. The summed E-state index contributed by atoms with van der Waals surface area (Å²) in [5.41, 5.74) is 1.87. The van der Waals surface area contributed by atoms with Crippen LogP contribution in [0.5, 0.6) is 0 Å². The second-order valence-corrected chi connectivity index (χ2v) is 6.96. The van der Waals surface area contributed by atoms with Crippen LogP contribution < -0.4 is 10.6 Å². The number of ether oxygens (including phenoxy) is 1. The zero-order valence-corrected chi connectivity index (χ0v) is 15.8. The van der Waals surface area contributed by atoms with Crippen LogP contribution >= 0.6 is 0 Å². The first-order valence-corrected chi connectivity index (χ1v) is 9.42. The predicted molar refractivity (Wildman–Crippen MR) is 107 cm³/mol. The molecular formula is C22H24N2O4. The van der Waals surface area contributed by atoms with Crippen LogP contribution in [0.1, 0.15) is 36.0 Å². The molecule has 0 radical (unpaired) electrons. The van der Waals surface area contributed by atoms with Crippen molar-refractivity contribution in [2.75, 3.05) is 17.7 Å². The fourth-order valence-corrected chi connectivity index (χ4v) is 3.44. The van der Waals surface area contributed by atoms with Gasteiger partial charge in [0, 0.05) is 23.2 Å². The molecule has 0 saturated heterocycles. The molecule has 1 saturated carbocycles. The van der Waals surface area contributed by atoms with Gasteiger partial charge in [0.1, 0.15) is 0 Å². The maximum atomic E-state index is 12.5. The lowest BCUT2D eigenvalue weighted by molar-refractivity contribution is -0.125. The fourth-order valence-electron chi connectivity index (χ4n) is 3.44. The Hall–Kier alpha value is -3.15. The Morgan fingerprint density at radius 1 is 0.750 bits per heavy atom. The minimum atomic E-state index is -0.412. The van der Waals surface area contributed by atoms with Gasteiger partial charge in [0.15, 0.2) is 0 Å². The number of hydrogen-bond acceptors (Lipinski definition) is 4. The van der Waals surface area contributed by atoms with E-state index in [1.54, 1.807) is 24.3 Å². The molecule has 2 aromatic rings. The van der Waals surface area contributed by atoms with Crippen LogP contribution in [-0.2, 0) is 14.3 Å². The van der Waals surface area contributed by atoms with Gasteiger partial charge in [0.25, 0.3) is 0 Å². The Balaban J connectivity index is 1.48. The molecule has 146 valence electrons. The number of anilines is 2. The van der Waals surface area contributed by atoms with Crippen LogP contribution in [0.3, 0.4) is 0 Å². The molecule has 6 heteroatoms. The summed E-state index contributed by atoms with van der Waals surface area (Å²) in [6.07, 6.45) is 2.74. The Bertz CT molecular complexity index is 825. The largest absolute Gasteiger partial charge is 0.465 e. The zero-order valence-electron chi connectivity index (χ0n) is 15.8. The number of carbonyl (C=O) groups excluding carboxylic acids is 3. The third-order valence-electron chi connectivity index (χ3n) is 5.08. The Morgan fingerprint density at radius 3 is 1.68 bits per heavy atom. The fraction of sp³-hybridized carbons (Fsp3) is 0.318. The second kappa shape index (κ2) is 9.17. The lowest BCUT2D eigenvalue weighted by Crippen LogP contribution is -2.32. The molecule has 0 heterocycles. The molecule has 28 heavy (non-hydrogen) atoms. The SMILES string of the molecule is COC(=O)c1ccc(NC(=O)C2CCC(C(=O)Nc3ccccc3)CC2)cc1. The van der Waals surface area contributed by atoms with Crippen LogP contribution in [-0.4, -0.2) is 24.9 Å². The maximum Gasteiger partial charge on any atom is 0.337 e. The molecule has 0 unspecified atom stereocenters. The van der Waals surface area contributed by atoms with Crippen LogP contribution in [0.2, 0.25) is 0 Å². The van der Waals surface area contributed by atoms with Crippen molar-refractivity contribution in [3.05, 3.63) is 60.2 Å². The normalized spacial score (nSPS) is 18.8. The van der Waals surface area contributed by atoms with E-state index in [9.17, 15) is 14.4 Å². The molecule has 1 fully saturated rings. The minimum absolute atomic E-state index is 0.0171. The number of hydrogen-bond donors (Lipinski definition) is 2. The number of rotatable bonds is 5. The highest BCUT2D eigenvalue weighted by Crippen LogP contribution is 2.30. The van der Waals surface area contributed by atoms with Gasteiger partial charge in [-0.3, -0.25) is 9.59 Å². The molecule has 3 rings (SSSR count). The van der Waals surface area contributed by atoms with Gasteiger partial charge in [-0.2, -0.15) is 0 Å². The first-order chi connectivity index (χ1) is 13.6. The topological polar surface area (TPSA) is 84.5 Å². The van der Waals surface area contributed by atoms with Gasteiger partial charge < -0.3 is 15.4 Å². The second-order valence-electron chi connectivity index (χ2n) is 6.96. The standard InChI is InChI=1S/C22H24N2O4/c1-28-22(27)17-11-13-19(14-12-17)24-21(26)16-9-7-15(8-10-16)20(25)23-18-5-3-2-4-6-18/h2-6,11-16H,7-10H2,1H3,(H,23,25)(H,24,26). The summed E-state index contributed by atoms with van der Waals surface area (Å²) in [4.78, 5) is 36.4. The Morgan fingerprint density at radius 2 is 1.21 bits per heavy atom. The summed E-state index contributed by atoms with van der Waals surface area (Å²) in [6, 6.07) is 16.0. The van der Waals surface area contributed by atoms with Crippen LogP contribution in [0.15, 0.2) is 54.6 Å². The van der Waals surface area contributed by atoms with Crippen LogP contribution in [0, 0.1) is 11.8 Å². The smallest absolute Gasteiger partial charge is 0.337 e. The average molecular weight is 380 g/mol. The summed E-state index contributed by atoms with van der Waals surface area (Å²) in [6.45, 7) is 0. The van der Waals surface area contributed by atoms with E-state index in [1.807, 2.05) is 30.3 Å². The van der Waals surface area contributed by atoms with E-state index in [-0.39, 0.29) is 23.7 Å². The summed E-state index contributed by atoms with van der Waals surface area (Å²) in [5, 5.41) is 5.83. The van der Waals surface area contributed by atoms with Crippen molar-refractivity contribution in [3.8, 4) is 0 Å². The molecule has 2 aromatic carbocycles. The van der Waals surface area contributed by atoms with E-state index in [0.717, 1.165) is 5.69 Å². The van der Waals surface area contributed by atoms with E-state index in [2.05, 4.69) is 15.4 Å². The molecule has 0 atom stereocenters. The van der Waals surface area contributed by atoms with E-state index in [4.69, 9.17) is 0 Å². The first-order valence-electron chi connectivity index (χ1n) is 9.42. The van der Waals surface area contributed by atoms with E-state index in [1.165, 1.54) is 7.11 Å². The van der Waals surface area contributed by atoms with Gasteiger partial charge in [0.2, 0.25) is 11.8 Å². The van der Waals surface area contributed by atoms with Crippen molar-refractivity contribution in [3.63, 3.8) is 0 Å². The van der Waals surface area contributed by atoms with Crippen molar-refractivity contribution < 1.29 is 19.1 Å². The number of carbonyl (C=O) groups is 3. The summed E-state index contributed by atoms with van der Waals surface area (Å²) >= 11 is 0. The van der Waals surface area contributed by atoms with Gasteiger partial charge in [-0.05, 0) is 62.1 Å². The molecule has 1 aliphatic carbocycles. The molecule has 2 amide bonds. The molecule has 0 bridgehead atoms. The van der Waals surface area contributed by atoms with E-state index < -0.39 is 5.97 Å². The van der Waals surface area contributed by atoms with Gasteiger partial charge in [-0.25, -0.2) is 4.79 Å². The monoisotopic (exact) mass is 380 g/mol. The van der Waals surface area contributed by atoms with Crippen molar-refractivity contribution in [2.45, 2.75) is 25.7 Å². The minimum Gasteiger partial charge on any atom is -0.465 e. The van der Waals surface area contributed by atoms with Crippen LogP contribution in [0.4, 0.5) is 11.4 Å². The molecule has 0 spiro atoms. The number of benzene rings is 2. The summed E-state index contributed by atoms with van der Waals surface area (Å²) in [7, 11) is 1.33. The Labute approximate surface area is 164 Å². The maximum absolute atomic E-state index is 12.5. The van der Waals surface area contributed by atoms with Crippen molar-refractivity contribution >= 4 is 29.2 Å². The van der Waals surface area contributed by atoms with Gasteiger partial charge in [0.05, 0.1) is 12.7 Å². The summed E-state index contributed by atoms with van der Waals surface area (Å²) in [5.74, 6) is -0.620. The number of esters is 1. The highest BCUT2D eigenvalue weighted by Gasteiger charge is 2.30. The molecule has 0 aromatic heterocycles. The first kappa shape index (κ1) is 19.6. The quantitative estimate of drug-likeness (QED) is 0.772. The van der Waals surface area contributed by atoms with E-state index in [0.29, 0.717) is 36.9 Å². The van der Waals surface area contributed by atoms with Gasteiger partial charge >= 0.3 is 5.97 Å².